The summed E-state index contributed by atoms with van der Waals surface area (Å²) in [7, 11) is 0. The Kier molecular flexibility index (Phi) is 1.98. The highest BCUT2D eigenvalue weighted by molar-refractivity contribution is 5.74. The van der Waals surface area contributed by atoms with Gasteiger partial charge in [0.25, 0.3) is 5.56 Å². The van der Waals surface area contributed by atoms with E-state index in [2.05, 4.69) is 15.3 Å². The van der Waals surface area contributed by atoms with Crippen molar-refractivity contribution in [1.29, 1.82) is 0 Å². The molecule has 0 radical (unpaired) electrons. The van der Waals surface area contributed by atoms with E-state index in [0.717, 1.165) is 0 Å². The highest BCUT2D eigenvalue weighted by atomic mass is 16.1. The molecule has 6 nitrogen and oxygen atoms in total. The first kappa shape index (κ1) is 9.95. The third kappa shape index (κ3) is 1.33. The molecule has 0 saturated heterocycles. The average Bonchev–Trinajstić information content (AvgIpc) is 2.77. The predicted molar refractivity (Wildman–Crippen MR) is 62.9 cm³/mol. The van der Waals surface area contributed by atoms with Crippen molar-refractivity contribution in [1.82, 2.24) is 24.4 Å². The van der Waals surface area contributed by atoms with Crippen molar-refractivity contribution < 1.29 is 0 Å². The lowest BCUT2D eigenvalue weighted by Crippen LogP contribution is -2.23. The van der Waals surface area contributed by atoms with Gasteiger partial charge in [0, 0.05) is 18.3 Å². The van der Waals surface area contributed by atoms with Crippen LogP contribution in [0.2, 0.25) is 0 Å². The molecular formula is C11H11N5O. The van der Waals surface area contributed by atoms with Crippen LogP contribution in [0, 0.1) is 0 Å². The lowest BCUT2D eigenvalue weighted by molar-refractivity contribution is 0.581. The molecule has 17 heavy (non-hydrogen) atoms. The van der Waals surface area contributed by atoms with Crippen molar-refractivity contribution >= 4 is 16.7 Å². The Morgan fingerprint density at radius 1 is 1.24 bits per heavy atom. The van der Waals surface area contributed by atoms with Crippen molar-refractivity contribution in [3.05, 3.63) is 34.9 Å². The van der Waals surface area contributed by atoms with Gasteiger partial charge < -0.3 is 4.57 Å². The standard InChI is InChI=1S/C11H11N5O/c1-7(2)15-6-4-8-10(11(15)17)14-13-9-3-5-12-16(8)9/h3-7H,1-2H3. The van der Waals surface area contributed by atoms with Crippen LogP contribution in [-0.2, 0) is 0 Å². The maximum Gasteiger partial charge on any atom is 0.280 e. The zero-order valence-electron chi connectivity index (χ0n) is 9.53. The molecule has 0 atom stereocenters. The van der Waals surface area contributed by atoms with Gasteiger partial charge >= 0.3 is 0 Å². The predicted octanol–water partition coefficient (Wildman–Crippen LogP) is 1.02. The Labute approximate surface area is 96.5 Å². The van der Waals surface area contributed by atoms with Crippen molar-refractivity contribution in [3.63, 3.8) is 0 Å². The van der Waals surface area contributed by atoms with Crippen LogP contribution in [0.4, 0.5) is 0 Å². The summed E-state index contributed by atoms with van der Waals surface area (Å²) in [5.41, 5.74) is 1.53. The second-order valence-electron chi connectivity index (χ2n) is 4.16. The van der Waals surface area contributed by atoms with E-state index in [1.54, 1.807) is 27.5 Å². The van der Waals surface area contributed by atoms with Crippen molar-refractivity contribution in [2.45, 2.75) is 19.9 Å². The maximum atomic E-state index is 12.2. The van der Waals surface area contributed by atoms with Crippen LogP contribution >= 0.6 is 0 Å². The molecule has 0 spiro atoms. The van der Waals surface area contributed by atoms with Crippen molar-refractivity contribution in [2.24, 2.45) is 0 Å². The van der Waals surface area contributed by atoms with E-state index in [0.29, 0.717) is 16.7 Å². The summed E-state index contributed by atoms with van der Waals surface area (Å²) in [6, 6.07) is 3.69. The summed E-state index contributed by atoms with van der Waals surface area (Å²) >= 11 is 0. The summed E-state index contributed by atoms with van der Waals surface area (Å²) in [5.74, 6) is 0. The van der Waals surface area contributed by atoms with E-state index in [4.69, 9.17) is 0 Å². The SMILES string of the molecule is CC(C)n1ccc2c(nnc3ccnn32)c1=O. The van der Waals surface area contributed by atoms with Gasteiger partial charge in [-0.15, -0.1) is 10.2 Å². The number of fused-ring (bicyclic) bond motifs is 3. The van der Waals surface area contributed by atoms with E-state index in [9.17, 15) is 4.79 Å². The zero-order chi connectivity index (χ0) is 12.0. The maximum absolute atomic E-state index is 12.2. The third-order valence-electron chi connectivity index (χ3n) is 2.73. The first-order chi connectivity index (χ1) is 8.18. The Bertz CT molecular complexity index is 755. The molecule has 0 unspecified atom stereocenters. The van der Waals surface area contributed by atoms with Gasteiger partial charge in [-0.1, -0.05) is 0 Å². The van der Waals surface area contributed by atoms with E-state index < -0.39 is 0 Å². The number of rotatable bonds is 1. The van der Waals surface area contributed by atoms with E-state index >= 15 is 0 Å². The monoisotopic (exact) mass is 229 g/mol. The molecule has 86 valence electrons. The van der Waals surface area contributed by atoms with E-state index in [1.165, 1.54) is 0 Å². The molecular weight excluding hydrogens is 218 g/mol. The molecule has 0 aliphatic carbocycles. The van der Waals surface area contributed by atoms with Crippen LogP contribution in [0.3, 0.4) is 0 Å². The van der Waals surface area contributed by atoms with E-state index in [-0.39, 0.29) is 11.6 Å². The normalized spacial score (nSPS) is 11.7. The van der Waals surface area contributed by atoms with Gasteiger partial charge in [0.1, 0.15) is 5.52 Å². The fourth-order valence-corrected chi connectivity index (χ4v) is 1.86. The second kappa shape index (κ2) is 3.38. The molecule has 0 fully saturated rings. The minimum Gasteiger partial charge on any atom is -0.311 e. The molecule has 3 aromatic rings. The molecule has 0 aromatic carbocycles. The van der Waals surface area contributed by atoms with Crippen LogP contribution in [0.5, 0.6) is 0 Å². The van der Waals surface area contributed by atoms with Crippen LogP contribution < -0.4 is 5.56 Å². The van der Waals surface area contributed by atoms with E-state index in [1.807, 2.05) is 19.9 Å². The topological polar surface area (TPSA) is 65.1 Å². The number of nitrogens with zero attached hydrogens (tertiary/aromatic N) is 5. The molecule has 0 aliphatic heterocycles. The van der Waals surface area contributed by atoms with Gasteiger partial charge in [-0.3, -0.25) is 4.79 Å². The summed E-state index contributed by atoms with van der Waals surface area (Å²) < 4.78 is 3.25. The Morgan fingerprint density at radius 3 is 2.82 bits per heavy atom. The smallest absolute Gasteiger partial charge is 0.280 e. The summed E-state index contributed by atoms with van der Waals surface area (Å²) in [6.07, 6.45) is 3.40. The lowest BCUT2D eigenvalue weighted by Gasteiger charge is -2.09. The molecule has 3 heterocycles. The van der Waals surface area contributed by atoms with Gasteiger partial charge in [-0.05, 0) is 19.9 Å². The highest BCUT2D eigenvalue weighted by Crippen LogP contribution is 2.09. The first-order valence-electron chi connectivity index (χ1n) is 5.40. The molecule has 3 rings (SSSR count). The molecule has 3 aromatic heterocycles. The number of pyridine rings is 1. The zero-order valence-corrected chi connectivity index (χ0v) is 9.53. The molecule has 0 N–H and O–H groups in total. The van der Waals surface area contributed by atoms with Crippen LogP contribution in [0.1, 0.15) is 19.9 Å². The molecule has 0 aliphatic rings. The van der Waals surface area contributed by atoms with Gasteiger partial charge in [-0.2, -0.15) is 5.10 Å². The van der Waals surface area contributed by atoms with Crippen LogP contribution in [0.25, 0.3) is 16.7 Å². The molecule has 0 saturated carbocycles. The number of hydrogen-bond donors (Lipinski definition) is 0. The highest BCUT2D eigenvalue weighted by Gasteiger charge is 2.10. The first-order valence-corrected chi connectivity index (χ1v) is 5.40. The second-order valence-corrected chi connectivity index (χ2v) is 4.16. The van der Waals surface area contributed by atoms with Gasteiger partial charge in [0.05, 0.1) is 6.20 Å². The summed E-state index contributed by atoms with van der Waals surface area (Å²) in [6.45, 7) is 3.90. The Morgan fingerprint density at radius 2 is 2.06 bits per heavy atom. The Balaban J connectivity index is 2.49. The minimum absolute atomic E-state index is 0.0991. The molecule has 0 amide bonds. The quantitative estimate of drug-likeness (QED) is 0.625. The fraction of sp³-hybridized carbons (Fsp3) is 0.273. The Hall–Kier alpha value is -2.24. The average molecular weight is 229 g/mol. The summed E-state index contributed by atoms with van der Waals surface area (Å²) in [4.78, 5) is 12.2. The van der Waals surface area contributed by atoms with Crippen molar-refractivity contribution in [2.75, 3.05) is 0 Å². The van der Waals surface area contributed by atoms with Gasteiger partial charge in [0.15, 0.2) is 11.2 Å². The number of aromatic nitrogens is 5. The van der Waals surface area contributed by atoms with Crippen molar-refractivity contribution in [3.8, 4) is 0 Å². The van der Waals surface area contributed by atoms with Crippen LogP contribution in [0.15, 0.2) is 29.3 Å². The lowest BCUT2D eigenvalue weighted by atomic mass is 10.3. The van der Waals surface area contributed by atoms with Crippen LogP contribution in [-0.4, -0.2) is 24.4 Å². The van der Waals surface area contributed by atoms with Gasteiger partial charge in [-0.25, -0.2) is 4.52 Å². The van der Waals surface area contributed by atoms with Gasteiger partial charge in [0.2, 0.25) is 0 Å². The minimum atomic E-state index is -0.137. The fourth-order valence-electron chi connectivity index (χ4n) is 1.86. The third-order valence-corrected chi connectivity index (χ3v) is 2.73. The molecule has 0 bridgehead atoms. The summed E-state index contributed by atoms with van der Waals surface area (Å²) in [5, 5.41) is 12.1. The molecule has 6 heteroatoms. The number of hydrogen-bond acceptors (Lipinski definition) is 4. The largest absolute Gasteiger partial charge is 0.311 e.